The maximum atomic E-state index is 13.1. The van der Waals surface area contributed by atoms with Crippen molar-refractivity contribution in [2.45, 2.75) is 24.8 Å². The van der Waals surface area contributed by atoms with E-state index in [4.69, 9.17) is 0 Å². The Hall–Kier alpha value is -3.39. The number of carbonyl (C=O) groups is 1. The highest BCUT2D eigenvalue weighted by Crippen LogP contribution is 2.24. The van der Waals surface area contributed by atoms with Crippen molar-refractivity contribution < 1.29 is 9.35 Å². The van der Waals surface area contributed by atoms with Crippen LogP contribution in [-0.4, -0.2) is 51.4 Å². The second-order valence-corrected chi connectivity index (χ2v) is 10.2. The molecule has 6 nitrogen and oxygen atoms in total. The first-order chi connectivity index (χ1) is 17.6. The minimum atomic E-state index is -1.47. The van der Waals surface area contributed by atoms with Gasteiger partial charge in [0.05, 0.1) is 5.69 Å². The van der Waals surface area contributed by atoms with Gasteiger partial charge in [0.1, 0.15) is 16.9 Å². The molecule has 184 valence electrons. The van der Waals surface area contributed by atoms with Gasteiger partial charge in [0, 0.05) is 49.9 Å². The van der Waals surface area contributed by atoms with Crippen LogP contribution in [0.1, 0.15) is 28.4 Å². The predicted octanol–water partition coefficient (Wildman–Crippen LogP) is 4.89. The summed E-state index contributed by atoms with van der Waals surface area (Å²) in [7, 11) is 0. The Kier molecular flexibility index (Phi) is 7.51. The van der Waals surface area contributed by atoms with Crippen LogP contribution < -0.4 is 4.72 Å². The number of aryl methyl sites for hydroxylation is 1. The lowest BCUT2D eigenvalue weighted by Gasteiger charge is -2.35. The zero-order valence-electron chi connectivity index (χ0n) is 20.4. The van der Waals surface area contributed by atoms with Gasteiger partial charge in [0.15, 0.2) is 0 Å². The minimum Gasteiger partial charge on any atom is -0.588 e. The third-order valence-electron chi connectivity index (χ3n) is 6.69. The van der Waals surface area contributed by atoms with E-state index in [0.717, 1.165) is 37.0 Å². The Morgan fingerprint density at radius 2 is 1.64 bits per heavy atom. The molecule has 0 saturated carbocycles. The Bertz CT molecular complexity index is 1330. The van der Waals surface area contributed by atoms with Crippen LogP contribution in [0, 0.1) is 0 Å². The summed E-state index contributed by atoms with van der Waals surface area (Å²) in [6.45, 7) is 6.27. The highest BCUT2D eigenvalue weighted by atomic mass is 32.2. The number of aromatic nitrogens is 1. The quantitative estimate of drug-likeness (QED) is 0.368. The average molecular weight is 499 g/mol. The SMILES string of the molecule is CCc1ccccc1CN1CCN(C(=O)c2ccc(N[S+]([O-])c3cccc4cccnc34)cc2)CC1. The summed E-state index contributed by atoms with van der Waals surface area (Å²) in [5, 5.41) is 0.945. The smallest absolute Gasteiger partial charge is 0.253 e. The van der Waals surface area contributed by atoms with Gasteiger partial charge in [-0.05, 0) is 53.9 Å². The second-order valence-electron chi connectivity index (χ2n) is 8.97. The monoisotopic (exact) mass is 498 g/mol. The van der Waals surface area contributed by atoms with Crippen molar-refractivity contribution in [2.75, 3.05) is 30.9 Å². The fraction of sp³-hybridized carbons (Fsp3) is 0.241. The van der Waals surface area contributed by atoms with Gasteiger partial charge in [0.2, 0.25) is 4.90 Å². The molecule has 0 aliphatic carbocycles. The Labute approximate surface area is 215 Å². The molecule has 0 bridgehead atoms. The van der Waals surface area contributed by atoms with Crippen LogP contribution in [0.25, 0.3) is 10.9 Å². The molecule has 3 aromatic carbocycles. The van der Waals surface area contributed by atoms with Crippen LogP contribution in [0.2, 0.25) is 0 Å². The lowest BCUT2D eigenvalue weighted by atomic mass is 10.0. The highest BCUT2D eigenvalue weighted by molar-refractivity contribution is 7.93. The Morgan fingerprint density at radius 1 is 0.917 bits per heavy atom. The first kappa shape index (κ1) is 24.3. The molecule has 1 aliphatic rings. The van der Waals surface area contributed by atoms with E-state index in [1.54, 1.807) is 18.3 Å². The van der Waals surface area contributed by atoms with Gasteiger partial charge in [-0.25, -0.2) is 4.72 Å². The summed E-state index contributed by atoms with van der Waals surface area (Å²) in [4.78, 5) is 22.4. The topological polar surface area (TPSA) is 71.5 Å². The normalized spacial score (nSPS) is 15.1. The summed E-state index contributed by atoms with van der Waals surface area (Å²) in [5.41, 5.74) is 4.82. The van der Waals surface area contributed by atoms with Crippen LogP contribution in [-0.2, 0) is 24.3 Å². The molecule has 0 spiro atoms. The minimum absolute atomic E-state index is 0.0366. The van der Waals surface area contributed by atoms with Crippen molar-refractivity contribution in [1.82, 2.24) is 14.8 Å². The molecule has 1 amide bonds. The first-order valence-corrected chi connectivity index (χ1v) is 13.5. The average Bonchev–Trinajstić information content (AvgIpc) is 2.93. The van der Waals surface area contributed by atoms with Crippen molar-refractivity contribution in [3.63, 3.8) is 0 Å². The lowest BCUT2D eigenvalue weighted by molar-refractivity contribution is 0.0628. The van der Waals surface area contributed by atoms with Gasteiger partial charge in [-0.1, -0.05) is 49.4 Å². The summed E-state index contributed by atoms with van der Waals surface area (Å²) in [5.74, 6) is 0.0366. The number of para-hydroxylation sites is 1. The van der Waals surface area contributed by atoms with Crippen LogP contribution >= 0.6 is 0 Å². The molecule has 1 atom stereocenters. The van der Waals surface area contributed by atoms with E-state index >= 15 is 0 Å². The molecule has 1 N–H and O–H groups in total. The number of hydrogen-bond acceptors (Lipinski definition) is 5. The molecule has 4 aromatic rings. The number of carbonyl (C=O) groups excluding carboxylic acids is 1. The number of benzene rings is 3. The maximum Gasteiger partial charge on any atom is 0.253 e. The zero-order chi connectivity index (χ0) is 24.9. The molecule has 1 fully saturated rings. The van der Waals surface area contributed by atoms with E-state index in [1.807, 2.05) is 47.4 Å². The van der Waals surface area contributed by atoms with E-state index in [1.165, 1.54) is 11.1 Å². The number of nitrogens with one attached hydrogen (secondary N) is 1. The standard InChI is InChI=1S/C29H30N4O2S/c1-2-22-7-3-4-8-25(22)21-32-17-19-33(20-18-32)29(34)24-12-14-26(15-13-24)31-36(35)27-11-5-9-23-10-6-16-30-28(23)27/h3-16,31H,2,17-21H2,1H3. The number of piperazine rings is 1. The van der Waals surface area contributed by atoms with E-state index in [-0.39, 0.29) is 5.91 Å². The van der Waals surface area contributed by atoms with Crippen LogP contribution in [0.3, 0.4) is 0 Å². The number of nitrogens with zero attached hydrogens (tertiary/aromatic N) is 3. The van der Waals surface area contributed by atoms with Crippen molar-refractivity contribution in [3.05, 3.63) is 102 Å². The molecule has 36 heavy (non-hydrogen) atoms. The molecule has 1 aromatic heterocycles. The van der Waals surface area contributed by atoms with E-state index in [0.29, 0.717) is 29.2 Å². The van der Waals surface area contributed by atoms with Gasteiger partial charge in [0.25, 0.3) is 5.91 Å². The molecule has 1 saturated heterocycles. The molecule has 0 radical (unpaired) electrons. The summed E-state index contributed by atoms with van der Waals surface area (Å²) >= 11 is -1.47. The molecule has 5 rings (SSSR count). The van der Waals surface area contributed by atoms with Crippen LogP contribution in [0.15, 0.2) is 90.0 Å². The Balaban J connectivity index is 1.18. The van der Waals surface area contributed by atoms with Crippen LogP contribution in [0.4, 0.5) is 5.69 Å². The van der Waals surface area contributed by atoms with Gasteiger partial charge >= 0.3 is 0 Å². The predicted molar refractivity (Wildman–Crippen MR) is 145 cm³/mol. The van der Waals surface area contributed by atoms with E-state index in [2.05, 4.69) is 45.8 Å². The third-order valence-corrected chi connectivity index (χ3v) is 7.84. The maximum absolute atomic E-state index is 13.1. The highest BCUT2D eigenvalue weighted by Gasteiger charge is 2.23. The molecule has 1 unspecified atom stereocenters. The fourth-order valence-corrected chi connectivity index (χ4v) is 5.67. The van der Waals surface area contributed by atoms with Crippen molar-refractivity contribution in [2.24, 2.45) is 0 Å². The van der Waals surface area contributed by atoms with E-state index in [9.17, 15) is 9.35 Å². The lowest BCUT2D eigenvalue weighted by Crippen LogP contribution is -2.48. The summed E-state index contributed by atoms with van der Waals surface area (Å²) in [6.07, 6.45) is 2.74. The van der Waals surface area contributed by atoms with Crippen molar-refractivity contribution >= 4 is 33.9 Å². The van der Waals surface area contributed by atoms with E-state index < -0.39 is 11.4 Å². The van der Waals surface area contributed by atoms with Gasteiger partial charge in [-0.3, -0.25) is 14.7 Å². The number of amides is 1. The van der Waals surface area contributed by atoms with Crippen LogP contribution in [0.5, 0.6) is 0 Å². The summed E-state index contributed by atoms with van der Waals surface area (Å²) in [6, 6.07) is 25.3. The molecule has 7 heteroatoms. The third kappa shape index (κ3) is 5.38. The number of hydrogen-bond donors (Lipinski definition) is 1. The molecule has 1 aliphatic heterocycles. The van der Waals surface area contributed by atoms with Gasteiger partial charge < -0.3 is 9.45 Å². The number of fused-ring (bicyclic) bond motifs is 1. The van der Waals surface area contributed by atoms with Crippen molar-refractivity contribution in [3.8, 4) is 0 Å². The largest absolute Gasteiger partial charge is 0.588 e. The number of pyridine rings is 1. The first-order valence-electron chi connectivity index (χ1n) is 12.3. The zero-order valence-corrected chi connectivity index (χ0v) is 21.2. The number of anilines is 1. The van der Waals surface area contributed by atoms with Gasteiger partial charge in [-0.15, -0.1) is 0 Å². The van der Waals surface area contributed by atoms with Crippen molar-refractivity contribution in [1.29, 1.82) is 0 Å². The number of rotatable bonds is 7. The van der Waals surface area contributed by atoms with Gasteiger partial charge in [-0.2, -0.15) is 0 Å². The second kappa shape index (κ2) is 11.1. The molecular weight excluding hydrogens is 468 g/mol. The molecule has 2 heterocycles. The Morgan fingerprint density at radius 3 is 2.39 bits per heavy atom. The molecular formula is C29H30N4O2S. The fourth-order valence-electron chi connectivity index (χ4n) is 4.66. The summed E-state index contributed by atoms with van der Waals surface area (Å²) < 4.78 is 16.0.